The highest BCUT2D eigenvalue weighted by Gasteiger charge is 2.10. The number of unbranched alkanes of at least 4 members (excludes halogenated alkanes) is 3. The summed E-state index contributed by atoms with van der Waals surface area (Å²) in [7, 11) is 0. The van der Waals surface area contributed by atoms with Crippen LogP contribution in [0.1, 0.15) is 50.5 Å². The molecule has 0 aliphatic heterocycles. The summed E-state index contributed by atoms with van der Waals surface area (Å²) in [6.45, 7) is 10.4. The van der Waals surface area contributed by atoms with E-state index in [2.05, 4.69) is 44.3 Å². The summed E-state index contributed by atoms with van der Waals surface area (Å²) in [6.07, 6.45) is 8.31. The lowest BCUT2D eigenvalue weighted by atomic mass is 9.89. The minimum absolute atomic E-state index is 0.317. The summed E-state index contributed by atoms with van der Waals surface area (Å²) in [5.41, 5.74) is 2.60. The maximum atomic E-state index is 4.23. The van der Waals surface area contributed by atoms with E-state index < -0.39 is 0 Å². The molecule has 1 unspecified atom stereocenters. The van der Waals surface area contributed by atoms with Crippen LogP contribution in [-0.4, -0.2) is 0 Å². The predicted octanol–water partition coefficient (Wildman–Crippen LogP) is 5.48. The second-order valence-electron chi connectivity index (χ2n) is 4.59. The largest absolute Gasteiger partial charge is 0.102 e. The van der Waals surface area contributed by atoms with Crippen LogP contribution in [-0.2, 0) is 0 Å². The van der Waals surface area contributed by atoms with Crippen LogP contribution < -0.4 is 0 Å². The lowest BCUT2D eigenvalue weighted by molar-refractivity contribution is 0.654. The maximum absolute atomic E-state index is 4.23. The van der Waals surface area contributed by atoms with E-state index in [1.807, 2.05) is 12.1 Å². The van der Waals surface area contributed by atoms with Crippen molar-refractivity contribution in [1.82, 2.24) is 0 Å². The molecule has 0 amide bonds. The van der Waals surface area contributed by atoms with Crippen LogP contribution in [0.25, 0.3) is 0 Å². The first-order valence-corrected chi connectivity index (χ1v) is 6.64. The minimum atomic E-state index is 0.317. The van der Waals surface area contributed by atoms with Crippen LogP contribution in [0.4, 0.5) is 0 Å². The van der Waals surface area contributed by atoms with Crippen LogP contribution in [0, 0.1) is 0 Å². The van der Waals surface area contributed by atoms with Crippen molar-refractivity contribution in [2.45, 2.75) is 44.9 Å². The van der Waals surface area contributed by atoms with Crippen LogP contribution in [0.2, 0.25) is 0 Å². The van der Waals surface area contributed by atoms with Crippen molar-refractivity contribution < 1.29 is 0 Å². The molecular weight excluding hydrogens is 204 g/mol. The molecule has 0 fully saturated rings. The van der Waals surface area contributed by atoms with Crippen molar-refractivity contribution in [1.29, 1.82) is 0 Å². The molecule has 1 rings (SSSR count). The molecule has 1 atom stereocenters. The van der Waals surface area contributed by atoms with Crippen molar-refractivity contribution in [3.8, 4) is 0 Å². The van der Waals surface area contributed by atoms with E-state index in [0.717, 1.165) is 6.42 Å². The maximum Gasteiger partial charge on any atom is 0.0223 e. The van der Waals surface area contributed by atoms with Gasteiger partial charge in [0.1, 0.15) is 0 Å². The third-order valence-corrected chi connectivity index (χ3v) is 3.19. The average Bonchev–Trinajstić information content (AvgIpc) is 2.37. The molecule has 0 saturated heterocycles. The van der Waals surface area contributed by atoms with Crippen LogP contribution in [0.3, 0.4) is 0 Å². The molecule has 0 heterocycles. The Kier molecular flexibility index (Phi) is 6.39. The Balaban J connectivity index is 2.50. The quantitative estimate of drug-likeness (QED) is 0.408. The van der Waals surface area contributed by atoms with Gasteiger partial charge in [0.25, 0.3) is 0 Å². The molecule has 17 heavy (non-hydrogen) atoms. The molecular formula is C17H24. The highest BCUT2D eigenvalue weighted by Crippen LogP contribution is 2.27. The molecule has 0 saturated carbocycles. The van der Waals surface area contributed by atoms with Crippen LogP contribution in [0.15, 0.2) is 55.1 Å². The van der Waals surface area contributed by atoms with E-state index >= 15 is 0 Å². The molecule has 0 aliphatic rings. The minimum Gasteiger partial charge on any atom is -0.102 e. The van der Waals surface area contributed by atoms with Gasteiger partial charge in [-0.25, -0.2) is 0 Å². The fourth-order valence-electron chi connectivity index (χ4n) is 2.13. The molecule has 0 aromatic heterocycles. The smallest absolute Gasteiger partial charge is 0.0223 e. The van der Waals surface area contributed by atoms with Crippen LogP contribution >= 0.6 is 0 Å². The predicted molar refractivity (Wildman–Crippen MR) is 77.3 cm³/mol. The third kappa shape index (κ3) is 4.60. The van der Waals surface area contributed by atoms with Crippen molar-refractivity contribution in [2.24, 2.45) is 0 Å². The molecule has 1 aromatic carbocycles. The number of benzene rings is 1. The van der Waals surface area contributed by atoms with Gasteiger partial charge in [0.2, 0.25) is 0 Å². The van der Waals surface area contributed by atoms with Crippen molar-refractivity contribution >= 4 is 0 Å². The molecule has 0 spiro atoms. The second kappa shape index (κ2) is 7.89. The van der Waals surface area contributed by atoms with Gasteiger partial charge in [0, 0.05) is 5.92 Å². The molecule has 0 nitrogen and oxygen atoms in total. The number of hydrogen-bond donors (Lipinski definition) is 0. The molecule has 0 radical (unpaired) electrons. The zero-order chi connectivity index (χ0) is 12.5. The number of rotatable bonds is 8. The Morgan fingerprint density at radius 2 is 1.88 bits per heavy atom. The summed E-state index contributed by atoms with van der Waals surface area (Å²) in [5.74, 6) is 0.317. The molecule has 0 N–H and O–H groups in total. The second-order valence-corrected chi connectivity index (χ2v) is 4.59. The Morgan fingerprint density at radius 3 is 2.47 bits per heavy atom. The van der Waals surface area contributed by atoms with Crippen molar-refractivity contribution in [2.75, 3.05) is 0 Å². The Bertz CT molecular complexity index is 334. The van der Waals surface area contributed by atoms with E-state index in [-0.39, 0.29) is 0 Å². The third-order valence-electron chi connectivity index (χ3n) is 3.19. The topological polar surface area (TPSA) is 0 Å². The van der Waals surface area contributed by atoms with Gasteiger partial charge in [-0.05, 0) is 18.4 Å². The summed E-state index contributed by atoms with van der Waals surface area (Å²) in [5, 5.41) is 0. The summed E-state index contributed by atoms with van der Waals surface area (Å²) >= 11 is 0. The highest BCUT2D eigenvalue weighted by molar-refractivity contribution is 5.31. The first kappa shape index (κ1) is 13.8. The first-order valence-electron chi connectivity index (χ1n) is 6.64. The lowest BCUT2D eigenvalue weighted by Gasteiger charge is -2.16. The van der Waals surface area contributed by atoms with Gasteiger partial charge >= 0.3 is 0 Å². The summed E-state index contributed by atoms with van der Waals surface area (Å²) in [6, 6.07) is 10.5. The van der Waals surface area contributed by atoms with E-state index in [9.17, 15) is 0 Å². The van der Waals surface area contributed by atoms with Gasteiger partial charge in [-0.1, -0.05) is 74.7 Å². The molecule has 0 bridgehead atoms. The first-order chi connectivity index (χ1) is 8.29. The van der Waals surface area contributed by atoms with Gasteiger partial charge in [-0.3, -0.25) is 0 Å². The van der Waals surface area contributed by atoms with Crippen molar-refractivity contribution in [3.05, 3.63) is 60.7 Å². The van der Waals surface area contributed by atoms with Gasteiger partial charge in [0.15, 0.2) is 0 Å². The Hall–Kier alpha value is -1.30. The standard InChI is InChI=1S/C17H24/c1-4-6-7-9-12-15(3)17(5-2)16-13-10-8-11-14-16/h5,8,10-11,13-14,17H,2-4,6-7,9,12H2,1H3. The molecule has 1 aromatic rings. The molecule has 92 valence electrons. The fraction of sp³-hybridized carbons (Fsp3) is 0.412. The van der Waals surface area contributed by atoms with E-state index in [0.29, 0.717) is 5.92 Å². The number of allylic oxidation sites excluding steroid dienone is 2. The summed E-state index contributed by atoms with van der Waals surface area (Å²) in [4.78, 5) is 0. The van der Waals surface area contributed by atoms with E-state index in [1.165, 1.54) is 36.8 Å². The number of hydrogen-bond acceptors (Lipinski definition) is 0. The molecule has 0 heteroatoms. The Morgan fingerprint density at radius 1 is 1.18 bits per heavy atom. The van der Waals surface area contributed by atoms with Gasteiger partial charge in [-0.15, -0.1) is 6.58 Å². The zero-order valence-corrected chi connectivity index (χ0v) is 11.0. The molecule has 0 aliphatic carbocycles. The Labute approximate surface area is 106 Å². The van der Waals surface area contributed by atoms with Gasteiger partial charge in [-0.2, -0.15) is 0 Å². The lowest BCUT2D eigenvalue weighted by Crippen LogP contribution is -1.98. The van der Waals surface area contributed by atoms with Crippen molar-refractivity contribution in [3.63, 3.8) is 0 Å². The fourth-order valence-corrected chi connectivity index (χ4v) is 2.13. The summed E-state index contributed by atoms with van der Waals surface area (Å²) < 4.78 is 0. The van der Waals surface area contributed by atoms with Crippen LogP contribution in [0.5, 0.6) is 0 Å². The average molecular weight is 228 g/mol. The SMILES string of the molecule is C=CC(C(=C)CCCCCC)c1ccccc1. The van der Waals surface area contributed by atoms with Gasteiger partial charge < -0.3 is 0 Å². The highest BCUT2D eigenvalue weighted by atomic mass is 14.1. The normalized spacial score (nSPS) is 12.1. The van der Waals surface area contributed by atoms with E-state index in [1.54, 1.807) is 0 Å². The zero-order valence-electron chi connectivity index (χ0n) is 11.0. The monoisotopic (exact) mass is 228 g/mol. The van der Waals surface area contributed by atoms with E-state index in [4.69, 9.17) is 0 Å². The van der Waals surface area contributed by atoms with Gasteiger partial charge in [0.05, 0.1) is 0 Å².